The number of carbonyl (C=O) groups is 2. The minimum absolute atomic E-state index is 0.351. The fraction of sp³-hybridized carbons (Fsp3) is 0.818. The molecule has 0 heterocycles. The summed E-state index contributed by atoms with van der Waals surface area (Å²) in [4.78, 5) is 23.7. The second-order valence-electron chi connectivity index (χ2n) is 4.25. The molecule has 1 aliphatic rings. The molecule has 1 rings (SSSR count). The first-order chi connectivity index (χ1) is 6.61. The summed E-state index contributed by atoms with van der Waals surface area (Å²) in [7, 11) is 1.72. The molecule has 1 aliphatic carbocycles. The SMILES string of the molecule is CC(=O)C(=O)N(C)CC1CCCCC1. The molecule has 0 bridgehead atoms. The van der Waals surface area contributed by atoms with E-state index >= 15 is 0 Å². The summed E-state index contributed by atoms with van der Waals surface area (Å²) in [6.45, 7) is 2.08. The number of nitrogens with zero attached hydrogens (tertiary/aromatic N) is 1. The third-order valence-electron chi connectivity index (χ3n) is 2.90. The maximum Gasteiger partial charge on any atom is 0.289 e. The van der Waals surface area contributed by atoms with Crippen molar-refractivity contribution in [2.45, 2.75) is 39.0 Å². The van der Waals surface area contributed by atoms with Crippen molar-refractivity contribution in [1.29, 1.82) is 0 Å². The highest BCUT2D eigenvalue weighted by Gasteiger charge is 2.19. The highest BCUT2D eigenvalue weighted by atomic mass is 16.2. The van der Waals surface area contributed by atoms with E-state index < -0.39 is 0 Å². The van der Waals surface area contributed by atoms with Crippen molar-refractivity contribution in [3.8, 4) is 0 Å². The number of amides is 1. The Bertz CT molecular complexity index is 219. The van der Waals surface area contributed by atoms with Gasteiger partial charge in [-0.25, -0.2) is 0 Å². The second-order valence-corrected chi connectivity index (χ2v) is 4.25. The molecule has 0 radical (unpaired) electrons. The first kappa shape index (κ1) is 11.2. The van der Waals surface area contributed by atoms with E-state index in [9.17, 15) is 9.59 Å². The van der Waals surface area contributed by atoms with Crippen molar-refractivity contribution in [3.63, 3.8) is 0 Å². The molecule has 1 amide bonds. The van der Waals surface area contributed by atoms with Crippen LogP contribution in [-0.4, -0.2) is 30.2 Å². The van der Waals surface area contributed by atoms with E-state index in [0.717, 1.165) is 6.54 Å². The van der Waals surface area contributed by atoms with Crippen LogP contribution in [0.15, 0.2) is 0 Å². The number of Topliss-reactive ketones (excluding diaryl/α,β-unsaturated/α-hetero) is 1. The zero-order chi connectivity index (χ0) is 10.6. The highest BCUT2D eigenvalue weighted by molar-refractivity contribution is 6.34. The predicted octanol–water partition coefficient (Wildman–Crippen LogP) is 1.61. The predicted molar refractivity (Wildman–Crippen MR) is 54.9 cm³/mol. The van der Waals surface area contributed by atoms with E-state index in [0.29, 0.717) is 5.92 Å². The molecular formula is C11H19NO2. The minimum atomic E-state index is -0.358. The molecule has 80 valence electrons. The number of hydrogen-bond acceptors (Lipinski definition) is 2. The van der Waals surface area contributed by atoms with E-state index in [4.69, 9.17) is 0 Å². The topological polar surface area (TPSA) is 37.4 Å². The van der Waals surface area contributed by atoms with Crippen LogP contribution in [0.4, 0.5) is 0 Å². The van der Waals surface area contributed by atoms with Gasteiger partial charge in [-0.1, -0.05) is 19.3 Å². The average Bonchev–Trinajstić information content (AvgIpc) is 2.18. The first-order valence-electron chi connectivity index (χ1n) is 5.37. The van der Waals surface area contributed by atoms with E-state index in [1.165, 1.54) is 39.0 Å². The van der Waals surface area contributed by atoms with Gasteiger partial charge in [0, 0.05) is 20.5 Å². The molecular weight excluding hydrogens is 178 g/mol. The number of likely N-dealkylation sites (N-methyl/N-ethyl adjacent to an activating group) is 1. The fourth-order valence-corrected chi connectivity index (χ4v) is 2.11. The molecule has 0 aromatic carbocycles. The number of carbonyl (C=O) groups excluding carboxylic acids is 2. The molecule has 0 unspecified atom stereocenters. The zero-order valence-corrected chi connectivity index (χ0v) is 9.08. The van der Waals surface area contributed by atoms with Gasteiger partial charge in [0.15, 0.2) is 0 Å². The fourth-order valence-electron chi connectivity index (χ4n) is 2.11. The van der Waals surface area contributed by atoms with Crippen LogP contribution in [0.1, 0.15) is 39.0 Å². The van der Waals surface area contributed by atoms with E-state index in [1.54, 1.807) is 11.9 Å². The number of rotatable bonds is 3. The van der Waals surface area contributed by atoms with Crippen molar-refractivity contribution >= 4 is 11.7 Å². The van der Waals surface area contributed by atoms with Gasteiger partial charge in [0.05, 0.1) is 0 Å². The Morgan fingerprint density at radius 3 is 2.29 bits per heavy atom. The van der Waals surface area contributed by atoms with Gasteiger partial charge in [-0.05, 0) is 18.8 Å². The summed E-state index contributed by atoms with van der Waals surface area (Å²) in [6.07, 6.45) is 6.27. The summed E-state index contributed by atoms with van der Waals surface area (Å²) in [5, 5.41) is 0. The Morgan fingerprint density at radius 2 is 1.79 bits per heavy atom. The Hall–Kier alpha value is -0.860. The van der Waals surface area contributed by atoms with Crippen LogP contribution in [0.5, 0.6) is 0 Å². The van der Waals surface area contributed by atoms with Gasteiger partial charge in [0.1, 0.15) is 0 Å². The molecule has 0 N–H and O–H groups in total. The Labute approximate surface area is 85.5 Å². The van der Waals surface area contributed by atoms with Crippen LogP contribution in [-0.2, 0) is 9.59 Å². The zero-order valence-electron chi connectivity index (χ0n) is 9.08. The van der Waals surface area contributed by atoms with E-state index in [-0.39, 0.29) is 11.7 Å². The lowest BCUT2D eigenvalue weighted by Gasteiger charge is -2.26. The molecule has 1 saturated carbocycles. The standard InChI is InChI=1S/C11H19NO2/c1-9(13)11(14)12(2)8-10-6-4-3-5-7-10/h10H,3-8H2,1-2H3. The van der Waals surface area contributed by atoms with Crippen LogP contribution >= 0.6 is 0 Å². The summed E-state index contributed by atoms with van der Waals surface area (Å²) in [5.41, 5.74) is 0. The van der Waals surface area contributed by atoms with Gasteiger partial charge >= 0.3 is 0 Å². The smallest absolute Gasteiger partial charge is 0.289 e. The van der Waals surface area contributed by atoms with E-state index in [2.05, 4.69) is 0 Å². The lowest BCUT2D eigenvalue weighted by Crippen LogP contribution is -2.36. The summed E-state index contributed by atoms with van der Waals surface area (Å²) in [6, 6.07) is 0. The Morgan fingerprint density at radius 1 is 1.21 bits per heavy atom. The molecule has 0 aromatic rings. The van der Waals surface area contributed by atoms with Crippen LogP contribution in [0.2, 0.25) is 0 Å². The van der Waals surface area contributed by atoms with Gasteiger partial charge in [-0.3, -0.25) is 9.59 Å². The largest absolute Gasteiger partial charge is 0.339 e. The van der Waals surface area contributed by atoms with Crippen LogP contribution < -0.4 is 0 Å². The van der Waals surface area contributed by atoms with Crippen LogP contribution in [0.25, 0.3) is 0 Å². The van der Waals surface area contributed by atoms with Gasteiger partial charge in [-0.15, -0.1) is 0 Å². The maximum absolute atomic E-state index is 11.3. The molecule has 3 heteroatoms. The molecule has 0 saturated heterocycles. The van der Waals surface area contributed by atoms with Crippen LogP contribution in [0, 0.1) is 5.92 Å². The Balaban J connectivity index is 2.35. The summed E-state index contributed by atoms with van der Waals surface area (Å²) in [5.74, 6) is -0.101. The first-order valence-corrected chi connectivity index (χ1v) is 5.37. The average molecular weight is 197 g/mol. The number of ketones is 1. The normalized spacial score (nSPS) is 17.9. The molecule has 0 aromatic heterocycles. The minimum Gasteiger partial charge on any atom is -0.339 e. The third-order valence-corrected chi connectivity index (χ3v) is 2.90. The summed E-state index contributed by atoms with van der Waals surface area (Å²) < 4.78 is 0. The molecule has 0 spiro atoms. The van der Waals surface area contributed by atoms with Crippen LogP contribution in [0.3, 0.4) is 0 Å². The monoisotopic (exact) mass is 197 g/mol. The second kappa shape index (κ2) is 5.13. The van der Waals surface area contributed by atoms with Crippen molar-refractivity contribution in [3.05, 3.63) is 0 Å². The lowest BCUT2D eigenvalue weighted by molar-refractivity contribution is -0.143. The third kappa shape index (κ3) is 3.13. The highest BCUT2D eigenvalue weighted by Crippen LogP contribution is 2.23. The van der Waals surface area contributed by atoms with Gasteiger partial charge in [0.2, 0.25) is 5.78 Å². The molecule has 0 aliphatic heterocycles. The van der Waals surface area contributed by atoms with Crippen molar-refractivity contribution in [2.75, 3.05) is 13.6 Å². The quantitative estimate of drug-likeness (QED) is 0.645. The maximum atomic E-state index is 11.3. The van der Waals surface area contributed by atoms with Gasteiger partial charge < -0.3 is 4.90 Å². The van der Waals surface area contributed by atoms with Gasteiger partial charge in [-0.2, -0.15) is 0 Å². The van der Waals surface area contributed by atoms with E-state index in [1.807, 2.05) is 0 Å². The Kier molecular flexibility index (Phi) is 4.11. The molecule has 0 atom stereocenters. The van der Waals surface area contributed by atoms with Crippen molar-refractivity contribution in [1.82, 2.24) is 4.90 Å². The molecule has 3 nitrogen and oxygen atoms in total. The summed E-state index contributed by atoms with van der Waals surface area (Å²) >= 11 is 0. The number of hydrogen-bond donors (Lipinski definition) is 0. The molecule has 14 heavy (non-hydrogen) atoms. The molecule has 1 fully saturated rings. The van der Waals surface area contributed by atoms with Crippen molar-refractivity contribution < 1.29 is 9.59 Å². The lowest BCUT2D eigenvalue weighted by atomic mass is 9.89. The van der Waals surface area contributed by atoms with Crippen molar-refractivity contribution in [2.24, 2.45) is 5.92 Å². The van der Waals surface area contributed by atoms with Gasteiger partial charge in [0.25, 0.3) is 5.91 Å².